The lowest BCUT2D eigenvalue weighted by Gasteiger charge is -2.33. The monoisotopic (exact) mass is 366 g/mol. The van der Waals surface area contributed by atoms with E-state index in [0.29, 0.717) is 30.1 Å². The molecule has 2 heterocycles. The zero-order valence-electron chi connectivity index (χ0n) is 12.4. The predicted molar refractivity (Wildman–Crippen MR) is 84.3 cm³/mol. The van der Waals surface area contributed by atoms with Crippen molar-refractivity contribution in [1.82, 2.24) is 15.2 Å². The summed E-state index contributed by atoms with van der Waals surface area (Å²) in [6.45, 7) is 5.70. The number of ether oxygens (including phenoxy) is 1. The molecule has 5 nitrogen and oxygen atoms in total. The summed E-state index contributed by atoms with van der Waals surface area (Å²) >= 11 is 3.21. The van der Waals surface area contributed by atoms with Crippen LogP contribution in [0.3, 0.4) is 0 Å². The minimum atomic E-state index is -0.280. The summed E-state index contributed by atoms with van der Waals surface area (Å²) in [5.41, 5.74) is 2.63. The molecule has 0 N–H and O–H groups in total. The third kappa shape index (κ3) is 3.10. The molecule has 116 valence electrons. The first-order valence-electron chi connectivity index (χ1n) is 7.04. The molecular weight excluding hydrogens is 351 g/mol. The van der Waals surface area contributed by atoms with E-state index < -0.39 is 0 Å². The zero-order valence-corrected chi connectivity index (χ0v) is 14.0. The fourth-order valence-corrected chi connectivity index (χ4v) is 2.72. The van der Waals surface area contributed by atoms with Gasteiger partial charge in [0.15, 0.2) is 0 Å². The minimum absolute atomic E-state index is 0.143. The number of rotatable bonds is 2. The molecule has 3 rings (SSSR count). The van der Waals surface area contributed by atoms with Crippen LogP contribution in [-0.2, 0) is 4.74 Å². The second-order valence-corrected chi connectivity index (χ2v) is 6.12. The van der Waals surface area contributed by atoms with Crippen LogP contribution >= 0.6 is 15.9 Å². The standard InChI is InChI=1S/C15H16BrFN4O/c1-9-10(2)19-20-15(18-9)21-5-6-22-14(8-21)11-3-4-13(17)12(16)7-11/h3-4,7,14H,5-6,8H2,1-2H3. The fraction of sp³-hybridized carbons (Fsp3) is 0.400. The molecule has 0 radical (unpaired) electrons. The van der Waals surface area contributed by atoms with Crippen LogP contribution in [0.1, 0.15) is 23.1 Å². The van der Waals surface area contributed by atoms with Crippen LogP contribution in [-0.4, -0.2) is 34.9 Å². The summed E-state index contributed by atoms with van der Waals surface area (Å²) in [4.78, 5) is 6.53. The van der Waals surface area contributed by atoms with Gasteiger partial charge in [0.05, 0.1) is 29.0 Å². The molecule has 2 aromatic rings. The fourth-order valence-electron chi connectivity index (χ4n) is 2.32. The van der Waals surface area contributed by atoms with Gasteiger partial charge in [0.1, 0.15) is 11.9 Å². The van der Waals surface area contributed by atoms with Gasteiger partial charge in [-0.1, -0.05) is 6.07 Å². The van der Waals surface area contributed by atoms with E-state index in [9.17, 15) is 4.39 Å². The van der Waals surface area contributed by atoms with Gasteiger partial charge in [-0.05, 0) is 47.5 Å². The van der Waals surface area contributed by atoms with Crippen molar-refractivity contribution < 1.29 is 9.13 Å². The van der Waals surface area contributed by atoms with Crippen molar-refractivity contribution in [1.29, 1.82) is 0 Å². The van der Waals surface area contributed by atoms with Gasteiger partial charge in [-0.25, -0.2) is 9.37 Å². The number of benzene rings is 1. The third-order valence-corrected chi connectivity index (χ3v) is 4.35. The van der Waals surface area contributed by atoms with Gasteiger partial charge in [-0.2, -0.15) is 5.10 Å². The highest BCUT2D eigenvalue weighted by Crippen LogP contribution is 2.27. The lowest BCUT2D eigenvalue weighted by Crippen LogP contribution is -2.39. The van der Waals surface area contributed by atoms with Crippen molar-refractivity contribution in [2.45, 2.75) is 20.0 Å². The van der Waals surface area contributed by atoms with E-state index in [2.05, 4.69) is 31.1 Å². The maximum absolute atomic E-state index is 13.4. The Balaban J connectivity index is 1.81. The first-order valence-corrected chi connectivity index (χ1v) is 7.83. The lowest BCUT2D eigenvalue weighted by atomic mass is 10.1. The molecule has 0 saturated carbocycles. The number of nitrogens with zero attached hydrogens (tertiary/aromatic N) is 4. The molecule has 7 heteroatoms. The Morgan fingerprint density at radius 1 is 1.27 bits per heavy atom. The van der Waals surface area contributed by atoms with E-state index in [1.165, 1.54) is 6.07 Å². The van der Waals surface area contributed by atoms with Gasteiger partial charge >= 0.3 is 0 Å². The van der Waals surface area contributed by atoms with Gasteiger partial charge in [0.2, 0.25) is 5.95 Å². The summed E-state index contributed by atoms with van der Waals surface area (Å²) in [7, 11) is 0. The summed E-state index contributed by atoms with van der Waals surface area (Å²) in [6.07, 6.45) is -0.143. The molecule has 22 heavy (non-hydrogen) atoms. The molecule has 1 atom stereocenters. The highest BCUT2D eigenvalue weighted by molar-refractivity contribution is 9.10. The number of halogens is 2. The van der Waals surface area contributed by atoms with Crippen molar-refractivity contribution in [2.24, 2.45) is 0 Å². The van der Waals surface area contributed by atoms with E-state index in [-0.39, 0.29) is 11.9 Å². The SMILES string of the molecule is Cc1nnc(N2CCOC(c3ccc(F)c(Br)c3)C2)nc1C. The van der Waals surface area contributed by atoms with Crippen molar-refractivity contribution in [3.8, 4) is 0 Å². The number of hydrogen-bond acceptors (Lipinski definition) is 5. The first-order chi connectivity index (χ1) is 10.5. The molecule has 1 fully saturated rings. The average molecular weight is 367 g/mol. The highest BCUT2D eigenvalue weighted by Gasteiger charge is 2.24. The normalized spacial score (nSPS) is 18.5. The number of aryl methyl sites for hydroxylation is 2. The molecule has 1 aromatic carbocycles. The molecule has 1 saturated heterocycles. The second-order valence-electron chi connectivity index (χ2n) is 5.26. The van der Waals surface area contributed by atoms with E-state index in [1.807, 2.05) is 18.7 Å². The molecule has 1 unspecified atom stereocenters. The molecule has 0 spiro atoms. The van der Waals surface area contributed by atoms with E-state index in [4.69, 9.17) is 4.74 Å². The molecular formula is C15H16BrFN4O. The second kappa shape index (κ2) is 6.26. The zero-order chi connectivity index (χ0) is 15.7. The molecule has 0 bridgehead atoms. The van der Waals surface area contributed by atoms with Crippen molar-refractivity contribution in [3.05, 3.63) is 45.4 Å². The van der Waals surface area contributed by atoms with Crippen LogP contribution in [0.25, 0.3) is 0 Å². The van der Waals surface area contributed by atoms with Gasteiger partial charge in [-0.15, -0.1) is 5.10 Å². The number of morpholine rings is 1. The smallest absolute Gasteiger partial charge is 0.245 e. The Bertz CT molecular complexity index is 640. The van der Waals surface area contributed by atoms with Gasteiger partial charge < -0.3 is 9.64 Å². The predicted octanol–water partition coefficient (Wildman–Crippen LogP) is 2.97. The van der Waals surface area contributed by atoms with Gasteiger partial charge in [-0.3, -0.25) is 0 Å². The Hall–Kier alpha value is -1.60. The average Bonchev–Trinajstić information content (AvgIpc) is 2.53. The van der Waals surface area contributed by atoms with Crippen LogP contribution in [0.15, 0.2) is 22.7 Å². The van der Waals surface area contributed by atoms with Crippen molar-refractivity contribution >= 4 is 21.9 Å². The van der Waals surface area contributed by atoms with E-state index in [1.54, 1.807) is 12.1 Å². The molecule has 1 aliphatic heterocycles. The summed E-state index contributed by atoms with van der Waals surface area (Å²) < 4.78 is 19.6. The molecule has 0 aliphatic carbocycles. The Morgan fingerprint density at radius 3 is 2.82 bits per heavy atom. The minimum Gasteiger partial charge on any atom is -0.370 e. The maximum atomic E-state index is 13.4. The van der Waals surface area contributed by atoms with Crippen LogP contribution in [0.4, 0.5) is 10.3 Å². The molecule has 1 aromatic heterocycles. The summed E-state index contributed by atoms with van der Waals surface area (Å²) in [6, 6.07) is 4.94. The molecule has 1 aliphatic rings. The quantitative estimate of drug-likeness (QED) is 0.817. The number of hydrogen-bond donors (Lipinski definition) is 0. The van der Waals surface area contributed by atoms with Gasteiger partial charge in [0, 0.05) is 6.54 Å². The highest BCUT2D eigenvalue weighted by atomic mass is 79.9. The third-order valence-electron chi connectivity index (χ3n) is 3.75. The Kier molecular flexibility index (Phi) is 4.35. The Morgan fingerprint density at radius 2 is 2.09 bits per heavy atom. The maximum Gasteiger partial charge on any atom is 0.245 e. The van der Waals surface area contributed by atoms with E-state index in [0.717, 1.165) is 17.0 Å². The van der Waals surface area contributed by atoms with Crippen LogP contribution in [0, 0.1) is 19.7 Å². The summed E-state index contributed by atoms with van der Waals surface area (Å²) in [5, 5.41) is 8.29. The van der Waals surface area contributed by atoms with Crippen molar-refractivity contribution in [3.63, 3.8) is 0 Å². The lowest BCUT2D eigenvalue weighted by molar-refractivity contribution is 0.0390. The Labute approximate surface area is 136 Å². The van der Waals surface area contributed by atoms with Gasteiger partial charge in [0.25, 0.3) is 0 Å². The van der Waals surface area contributed by atoms with Crippen LogP contribution < -0.4 is 4.90 Å². The summed E-state index contributed by atoms with van der Waals surface area (Å²) in [5.74, 6) is 0.329. The van der Waals surface area contributed by atoms with Crippen molar-refractivity contribution in [2.75, 3.05) is 24.6 Å². The first kappa shape index (κ1) is 15.3. The molecule has 0 amide bonds. The van der Waals surface area contributed by atoms with Crippen LogP contribution in [0.2, 0.25) is 0 Å². The topological polar surface area (TPSA) is 51.1 Å². The van der Waals surface area contributed by atoms with E-state index >= 15 is 0 Å². The number of anilines is 1. The largest absolute Gasteiger partial charge is 0.370 e. The number of aromatic nitrogens is 3. The van der Waals surface area contributed by atoms with Crippen LogP contribution in [0.5, 0.6) is 0 Å².